The lowest BCUT2D eigenvalue weighted by atomic mass is 10.00. The van der Waals surface area contributed by atoms with Crippen LogP contribution in [0.15, 0.2) is 356 Å². The molecule has 0 N–H and O–H groups in total. The van der Waals surface area contributed by atoms with Crippen LogP contribution in [0, 0.1) is 0 Å². The average Bonchev–Trinajstić information content (AvgIpc) is 1.62. The van der Waals surface area contributed by atoms with E-state index in [0.29, 0.717) is 35.1 Å². The summed E-state index contributed by atoms with van der Waals surface area (Å²) < 4.78 is 16.1. The molecule has 0 aliphatic carbocycles. The van der Waals surface area contributed by atoms with Crippen LogP contribution < -0.4 is 0 Å². The minimum atomic E-state index is 0.564. The number of benzene rings is 15. The first-order chi connectivity index (χ1) is 53.0. The fraction of sp³-hybridized carbons (Fsp3) is 0. The van der Waals surface area contributed by atoms with E-state index < -0.39 is 0 Å². The van der Waals surface area contributed by atoms with Gasteiger partial charge in [0.05, 0.1) is 27.8 Å². The van der Waals surface area contributed by atoms with Crippen LogP contribution in [0.5, 0.6) is 0 Å². The summed E-state index contributed by atoms with van der Waals surface area (Å²) in [7, 11) is 0. The highest BCUT2D eigenvalue weighted by atomic mass is 32.1. The number of fused-ring (bicyclic) bond motifs is 15. The minimum absolute atomic E-state index is 0.564. The maximum atomic E-state index is 6.26. The van der Waals surface area contributed by atoms with Gasteiger partial charge in [-0.05, 0) is 94.5 Å². The van der Waals surface area contributed by atoms with Crippen molar-refractivity contribution in [3.8, 4) is 102 Å². The summed E-state index contributed by atoms with van der Waals surface area (Å²) in [5.41, 5.74) is 18.8. The smallest absolute Gasteiger partial charge is 0.238 e. The lowest BCUT2D eigenvalue weighted by molar-refractivity contribution is 0.669. The Morgan fingerprint density at radius 1 is 0.224 bits per heavy atom. The Kier molecular flexibility index (Phi) is 14.8. The number of hydrogen-bond acceptors (Lipinski definition) is 9. The van der Waals surface area contributed by atoms with Gasteiger partial charge in [0.2, 0.25) is 5.95 Å². The van der Waals surface area contributed by atoms with E-state index in [1.54, 1.807) is 0 Å². The van der Waals surface area contributed by atoms with Crippen molar-refractivity contribution in [3.05, 3.63) is 352 Å². The highest BCUT2D eigenvalue weighted by Gasteiger charge is 2.24. The maximum Gasteiger partial charge on any atom is 0.238 e. The second-order valence-corrected chi connectivity index (χ2v) is 28.9. The lowest BCUT2D eigenvalue weighted by Crippen LogP contribution is -2.06. The molecule has 9 nitrogen and oxygen atoms in total. The van der Waals surface area contributed by atoms with Crippen LogP contribution in [-0.4, -0.2) is 39.0 Å². The molecule has 15 aromatic carbocycles. The number of para-hydroxylation sites is 3. The van der Waals surface area contributed by atoms with Gasteiger partial charge in [0.15, 0.2) is 29.1 Å². The first kappa shape index (κ1) is 61.8. The third kappa shape index (κ3) is 10.6. The molecule has 22 rings (SSSR count). The fourth-order valence-corrected chi connectivity index (χ4v) is 18.1. The van der Waals surface area contributed by atoms with Gasteiger partial charge in [-0.25, -0.2) is 19.9 Å². The number of hydrogen-bond donors (Lipinski definition) is 0. The van der Waals surface area contributed by atoms with Crippen LogP contribution in [0.2, 0.25) is 0 Å². The molecule has 0 aliphatic rings. The van der Waals surface area contributed by atoms with E-state index in [2.05, 4.69) is 240 Å². The van der Waals surface area contributed by atoms with E-state index in [-0.39, 0.29) is 0 Å². The number of thiophene rings is 2. The van der Waals surface area contributed by atoms with E-state index in [0.717, 1.165) is 99.4 Å². The molecule has 500 valence electrons. The Bertz CT molecular complexity index is 7210. The molecule has 0 bridgehead atoms. The van der Waals surface area contributed by atoms with Gasteiger partial charge >= 0.3 is 0 Å². The van der Waals surface area contributed by atoms with Crippen LogP contribution >= 0.6 is 22.7 Å². The van der Waals surface area contributed by atoms with Crippen molar-refractivity contribution in [1.29, 1.82) is 0 Å². The lowest BCUT2D eigenvalue weighted by Gasteiger charge is -2.16. The summed E-state index contributed by atoms with van der Waals surface area (Å²) in [5.74, 6) is 3.67. The van der Waals surface area contributed by atoms with Gasteiger partial charge in [0.1, 0.15) is 11.2 Å². The molecule has 0 saturated heterocycles. The molecule has 0 saturated carbocycles. The monoisotopic (exact) mass is 1400 g/mol. The first-order valence-corrected chi connectivity index (χ1v) is 37.4. The van der Waals surface area contributed by atoms with Gasteiger partial charge in [-0.3, -0.25) is 4.57 Å². The molecule has 22 aromatic rings. The van der Waals surface area contributed by atoms with Crippen molar-refractivity contribution in [2.45, 2.75) is 0 Å². The van der Waals surface area contributed by atoms with Crippen LogP contribution in [0.4, 0.5) is 0 Å². The minimum Gasteiger partial charge on any atom is -0.456 e. The molecule has 11 heteroatoms. The zero-order chi connectivity index (χ0) is 70.5. The van der Waals surface area contributed by atoms with Crippen LogP contribution in [0.25, 0.3) is 208 Å². The fourth-order valence-electron chi connectivity index (χ4n) is 15.6. The SMILES string of the molecule is c1ccc(-c2nc(-c3cccc4oc5ccccc5c34)nc(-n3c4ccccc4c4cc(-c5cccc6c5sc5ccccc56)ccc43)n2)cc1.c1ccc(-c2nc(-c3ccccc3)nc(-c3ccc(-c4ccccc4)c(-n4c5ccccc5c5cc(-c6cccc7c6sc6ccccc67)ccc54)c3)n2)cc1. The molecule has 0 spiro atoms. The predicted molar refractivity (Wildman–Crippen MR) is 445 cm³/mol. The van der Waals surface area contributed by atoms with Crippen LogP contribution in [0.3, 0.4) is 0 Å². The summed E-state index contributed by atoms with van der Waals surface area (Å²) in [6.07, 6.45) is 0. The van der Waals surface area contributed by atoms with Crippen molar-refractivity contribution < 1.29 is 4.42 Å². The third-order valence-corrected chi connectivity index (χ3v) is 23.0. The summed E-state index contributed by atoms with van der Waals surface area (Å²) in [6, 6.07) is 124. The number of aromatic nitrogens is 8. The van der Waals surface area contributed by atoms with E-state index in [1.807, 2.05) is 144 Å². The first-order valence-electron chi connectivity index (χ1n) is 35.7. The van der Waals surface area contributed by atoms with Crippen LogP contribution in [0.1, 0.15) is 0 Å². The van der Waals surface area contributed by atoms with Gasteiger partial charge in [-0.15, -0.1) is 22.7 Å². The summed E-state index contributed by atoms with van der Waals surface area (Å²) in [4.78, 5) is 30.7. The molecule has 0 amide bonds. The topological polar surface area (TPSA) is 100 Å². The number of nitrogens with zero attached hydrogens (tertiary/aromatic N) is 8. The van der Waals surface area contributed by atoms with E-state index in [1.165, 1.54) is 73.4 Å². The molecule has 7 heterocycles. The summed E-state index contributed by atoms with van der Waals surface area (Å²) in [5, 5.41) is 11.9. The van der Waals surface area contributed by atoms with E-state index in [4.69, 9.17) is 34.3 Å². The van der Waals surface area contributed by atoms with E-state index >= 15 is 0 Å². The van der Waals surface area contributed by atoms with Gasteiger partial charge in [0, 0.05) is 106 Å². The molecular weight excluding hydrogens is 1350 g/mol. The number of rotatable bonds is 10. The third-order valence-electron chi connectivity index (χ3n) is 20.6. The second kappa shape index (κ2) is 25.5. The Hall–Kier alpha value is -13.8. The van der Waals surface area contributed by atoms with Crippen molar-refractivity contribution in [1.82, 2.24) is 39.0 Å². The van der Waals surface area contributed by atoms with E-state index in [9.17, 15) is 0 Å². The average molecular weight is 1400 g/mol. The van der Waals surface area contributed by atoms with Gasteiger partial charge in [-0.1, -0.05) is 285 Å². The van der Waals surface area contributed by atoms with Crippen molar-refractivity contribution >= 4 is 129 Å². The summed E-state index contributed by atoms with van der Waals surface area (Å²) in [6.45, 7) is 0. The Labute approximate surface area is 621 Å². The van der Waals surface area contributed by atoms with Crippen LogP contribution in [-0.2, 0) is 0 Å². The maximum absolute atomic E-state index is 6.26. The molecule has 0 aliphatic heterocycles. The quantitative estimate of drug-likeness (QED) is 0.134. The second-order valence-electron chi connectivity index (χ2n) is 26.8. The zero-order valence-electron chi connectivity index (χ0n) is 57.3. The Balaban J connectivity index is 0.000000138. The van der Waals surface area contributed by atoms with Crippen molar-refractivity contribution in [3.63, 3.8) is 0 Å². The zero-order valence-corrected chi connectivity index (χ0v) is 58.9. The standard InChI is InChI=1S/C51H32N4S.C45H26N4OS/c1-4-15-33(16-5-1)38-29-27-37(51-53-49(34-17-6-2-7-18-34)52-50(54-51)35-19-8-3-9-20-35)32-46(38)55-44-25-12-10-21-40(44)43-31-36(28-30-45(43)55)39-23-14-24-42-41-22-11-13-26-47(41)56-48(39)42;1-2-12-27(13-3-1)43-46-44(34-19-11-22-39-41(34)33-16-5-8-21-38(33)50-39)48-45(47-43)49-36-20-7-4-14-30(36)35-26-28(24-25-37(35)49)29-17-10-18-32-31-15-6-9-23-40(31)51-42(29)32/h1-32H;1-26H. The van der Waals surface area contributed by atoms with Gasteiger partial charge in [0.25, 0.3) is 0 Å². The van der Waals surface area contributed by atoms with Crippen molar-refractivity contribution in [2.24, 2.45) is 0 Å². The molecule has 0 unspecified atom stereocenters. The largest absolute Gasteiger partial charge is 0.456 e. The van der Waals surface area contributed by atoms with Gasteiger partial charge < -0.3 is 8.98 Å². The molecular formula is C96H58N8OS2. The van der Waals surface area contributed by atoms with Gasteiger partial charge in [-0.2, -0.15) is 9.97 Å². The molecule has 107 heavy (non-hydrogen) atoms. The molecule has 0 fully saturated rings. The number of furan rings is 1. The highest BCUT2D eigenvalue weighted by molar-refractivity contribution is 7.26. The van der Waals surface area contributed by atoms with Crippen molar-refractivity contribution in [2.75, 3.05) is 0 Å². The predicted octanol–water partition coefficient (Wildman–Crippen LogP) is 25.9. The Morgan fingerprint density at radius 3 is 1.19 bits per heavy atom. The molecule has 7 aromatic heterocycles. The highest BCUT2D eigenvalue weighted by Crippen LogP contribution is 2.46. The summed E-state index contributed by atoms with van der Waals surface area (Å²) >= 11 is 3.73. The molecule has 0 radical (unpaired) electrons. The Morgan fingerprint density at radius 2 is 0.617 bits per heavy atom. The molecule has 0 atom stereocenters. The normalized spacial score (nSPS) is 11.7.